The average Bonchev–Trinajstić information content (AvgIpc) is 2.58. The maximum absolute atomic E-state index is 5.47. The van der Waals surface area contributed by atoms with Crippen LogP contribution < -0.4 is 5.73 Å². The molecule has 2 nitrogen and oxygen atoms in total. The third-order valence-electron chi connectivity index (χ3n) is 2.43. The molecule has 3 heteroatoms. The molecule has 0 bridgehead atoms. The van der Waals surface area contributed by atoms with Crippen molar-refractivity contribution >= 4 is 11.3 Å². The highest BCUT2D eigenvalue weighted by molar-refractivity contribution is 7.10. The van der Waals surface area contributed by atoms with Gasteiger partial charge in [-0.3, -0.25) is 0 Å². The number of nitrogens with zero attached hydrogens (tertiary/aromatic N) is 1. The van der Waals surface area contributed by atoms with E-state index in [-0.39, 0.29) is 0 Å². The molecule has 0 aliphatic rings. The number of rotatable bonds is 6. The van der Waals surface area contributed by atoms with Crippen LogP contribution in [0.3, 0.4) is 0 Å². The van der Waals surface area contributed by atoms with Gasteiger partial charge in [-0.25, -0.2) is 0 Å². The van der Waals surface area contributed by atoms with Crippen molar-refractivity contribution in [3.8, 4) is 0 Å². The van der Waals surface area contributed by atoms with Crippen molar-refractivity contribution in [1.29, 1.82) is 0 Å². The van der Waals surface area contributed by atoms with Crippen LogP contribution >= 0.6 is 11.3 Å². The Morgan fingerprint density at radius 3 is 2.79 bits per heavy atom. The zero-order valence-corrected chi connectivity index (χ0v) is 9.94. The maximum Gasteiger partial charge on any atom is 0.00871 e. The predicted molar refractivity (Wildman–Crippen MR) is 63.9 cm³/mol. The van der Waals surface area contributed by atoms with Crippen molar-refractivity contribution in [2.24, 2.45) is 5.73 Å². The van der Waals surface area contributed by atoms with Crippen LogP contribution in [-0.2, 0) is 6.42 Å². The first-order valence-corrected chi connectivity index (χ1v) is 6.03. The van der Waals surface area contributed by atoms with Crippen LogP contribution in [0.25, 0.3) is 0 Å². The van der Waals surface area contributed by atoms with Gasteiger partial charge in [-0.05, 0) is 56.9 Å². The highest BCUT2D eigenvalue weighted by atomic mass is 32.1. The van der Waals surface area contributed by atoms with E-state index in [4.69, 9.17) is 5.73 Å². The van der Waals surface area contributed by atoms with Crippen LogP contribution in [0.5, 0.6) is 0 Å². The average molecular weight is 212 g/mol. The van der Waals surface area contributed by atoms with E-state index in [2.05, 4.69) is 30.3 Å². The summed E-state index contributed by atoms with van der Waals surface area (Å²) in [5.74, 6) is 0. The van der Waals surface area contributed by atoms with Crippen LogP contribution in [0.1, 0.15) is 16.9 Å². The van der Waals surface area contributed by atoms with Gasteiger partial charge in [-0.1, -0.05) is 0 Å². The summed E-state index contributed by atoms with van der Waals surface area (Å²) < 4.78 is 0. The lowest BCUT2D eigenvalue weighted by atomic mass is 10.2. The van der Waals surface area contributed by atoms with Gasteiger partial charge in [0.25, 0.3) is 0 Å². The van der Waals surface area contributed by atoms with E-state index >= 15 is 0 Å². The molecule has 0 amide bonds. The van der Waals surface area contributed by atoms with E-state index in [1.54, 1.807) is 0 Å². The molecular weight excluding hydrogens is 192 g/mol. The highest BCUT2D eigenvalue weighted by Crippen LogP contribution is 2.16. The van der Waals surface area contributed by atoms with Crippen LogP contribution in [0, 0.1) is 6.92 Å². The van der Waals surface area contributed by atoms with Crippen molar-refractivity contribution in [2.75, 3.05) is 26.7 Å². The van der Waals surface area contributed by atoms with Crippen molar-refractivity contribution < 1.29 is 0 Å². The molecule has 0 fully saturated rings. The largest absolute Gasteiger partial charge is 0.330 e. The van der Waals surface area contributed by atoms with Gasteiger partial charge in [-0.15, -0.1) is 11.3 Å². The fourth-order valence-electron chi connectivity index (χ4n) is 1.43. The summed E-state index contributed by atoms with van der Waals surface area (Å²) in [6.07, 6.45) is 2.27. The lowest BCUT2D eigenvalue weighted by Gasteiger charge is -2.15. The number of nitrogens with two attached hydrogens (primary N) is 1. The van der Waals surface area contributed by atoms with Gasteiger partial charge in [0.15, 0.2) is 0 Å². The van der Waals surface area contributed by atoms with Gasteiger partial charge in [0.05, 0.1) is 0 Å². The number of aryl methyl sites for hydroxylation is 1. The third kappa shape index (κ3) is 3.78. The Morgan fingerprint density at radius 2 is 2.21 bits per heavy atom. The smallest absolute Gasteiger partial charge is 0.00871 e. The molecule has 0 unspecified atom stereocenters. The summed E-state index contributed by atoms with van der Waals surface area (Å²) in [7, 11) is 2.17. The lowest BCUT2D eigenvalue weighted by Crippen LogP contribution is -2.24. The second kappa shape index (κ2) is 6.17. The van der Waals surface area contributed by atoms with Crippen LogP contribution in [-0.4, -0.2) is 31.6 Å². The molecule has 0 aliphatic heterocycles. The molecule has 0 spiro atoms. The Balaban J connectivity index is 2.23. The summed E-state index contributed by atoms with van der Waals surface area (Å²) in [5.41, 5.74) is 6.90. The summed E-state index contributed by atoms with van der Waals surface area (Å²) in [5, 5.41) is 2.17. The van der Waals surface area contributed by atoms with Crippen LogP contribution in [0.4, 0.5) is 0 Å². The Hall–Kier alpha value is -0.380. The molecule has 0 radical (unpaired) electrons. The van der Waals surface area contributed by atoms with Gasteiger partial charge < -0.3 is 10.6 Å². The molecular formula is C11H20N2S. The van der Waals surface area contributed by atoms with Gasteiger partial charge in [0, 0.05) is 11.4 Å². The minimum Gasteiger partial charge on any atom is -0.330 e. The molecule has 0 aliphatic carbocycles. The van der Waals surface area contributed by atoms with E-state index in [0.29, 0.717) is 0 Å². The first kappa shape index (κ1) is 11.7. The fourth-order valence-corrected chi connectivity index (χ4v) is 2.33. The first-order chi connectivity index (χ1) is 6.74. The standard InChI is InChI=1S/C11H20N2S/c1-10-5-9-14-11(10)4-8-13(2)7-3-6-12/h5,9H,3-4,6-8,12H2,1-2H3. The predicted octanol–water partition coefficient (Wildman–Crippen LogP) is 1.88. The minimum atomic E-state index is 0.794. The van der Waals surface area contributed by atoms with Crippen LogP contribution in [0.15, 0.2) is 11.4 Å². The molecule has 0 saturated carbocycles. The quantitative estimate of drug-likeness (QED) is 0.780. The first-order valence-electron chi connectivity index (χ1n) is 5.15. The molecule has 0 aromatic carbocycles. The Kier molecular flexibility index (Phi) is 5.15. The van der Waals surface area contributed by atoms with Crippen molar-refractivity contribution in [1.82, 2.24) is 4.90 Å². The van der Waals surface area contributed by atoms with E-state index < -0.39 is 0 Å². The second-order valence-corrected chi connectivity index (χ2v) is 4.72. The lowest BCUT2D eigenvalue weighted by molar-refractivity contribution is 0.336. The zero-order chi connectivity index (χ0) is 10.4. The number of hydrogen-bond donors (Lipinski definition) is 1. The Bertz CT molecular complexity index is 258. The van der Waals surface area contributed by atoms with Crippen molar-refractivity contribution in [3.05, 3.63) is 21.9 Å². The van der Waals surface area contributed by atoms with Gasteiger partial charge in [0.1, 0.15) is 0 Å². The topological polar surface area (TPSA) is 29.3 Å². The summed E-state index contributed by atoms with van der Waals surface area (Å²) in [6.45, 7) is 5.23. The van der Waals surface area contributed by atoms with E-state index in [1.807, 2.05) is 11.3 Å². The van der Waals surface area contributed by atoms with Crippen LogP contribution in [0.2, 0.25) is 0 Å². The molecule has 1 aromatic rings. The molecule has 80 valence electrons. The Labute approximate surface area is 90.7 Å². The molecule has 1 aromatic heterocycles. The SMILES string of the molecule is Cc1ccsc1CCN(C)CCCN. The summed E-state index contributed by atoms with van der Waals surface area (Å²) >= 11 is 1.86. The van der Waals surface area contributed by atoms with Crippen molar-refractivity contribution in [2.45, 2.75) is 19.8 Å². The van der Waals surface area contributed by atoms with Gasteiger partial charge >= 0.3 is 0 Å². The molecule has 1 heterocycles. The normalized spacial score (nSPS) is 11.1. The van der Waals surface area contributed by atoms with E-state index in [0.717, 1.165) is 26.1 Å². The number of likely N-dealkylation sites (N-methyl/N-ethyl adjacent to an activating group) is 1. The van der Waals surface area contributed by atoms with Gasteiger partial charge in [0.2, 0.25) is 0 Å². The summed E-state index contributed by atoms with van der Waals surface area (Å²) in [4.78, 5) is 3.87. The molecule has 0 saturated heterocycles. The fraction of sp³-hybridized carbons (Fsp3) is 0.636. The van der Waals surface area contributed by atoms with Crippen molar-refractivity contribution in [3.63, 3.8) is 0 Å². The maximum atomic E-state index is 5.47. The molecule has 0 atom stereocenters. The third-order valence-corrected chi connectivity index (χ3v) is 3.52. The number of thiophene rings is 1. The zero-order valence-electron chi connectivity index (χ0n) is 9.12. The summed E-state index contributed by atoms with van der Waals surface area (Å²) in [6, 6.07) is 2.19. The minimum absolute atomic E-state index is 0.794. The van der Waals surface area contributed by atoms with Gasteiger partial charge in [-0.2, -0.15) is 0 Å². The Morgan fingerprint density at radius 1 is 1.43 bits per heavy atom. The monoisotopic (exact) mass is 212 g/mol. The van der Waals surface area contributed by atoms with E-state index in [9.17, 15) is 0 Å². The second-order valence-electron chi connectivity index (χ2n) is 3.72. The molecule has 14 heavy (non-hydrogen) atoms. The van der Waals surface area contributed by atoms with E-state index in [1.165, 1.54) is 16.9 Å². The molecule has 1 rings (SSSR count). The highest BCUT2D eigenvalue weighted by Gasteiger charge is 2.02. The number of hydrogen-bond acceptors (Lipinski definition) is 3. The molecule has 2 N–H and O–H groups in total.